The van der Waals surface area contributed by atoms with Gasteiger partial charge in [-0.2, -0.15) is 0 Å². The Morgan fingerprint density at radius 1 is 1.11 bits per heavy atom. The predicted octanol–water partition coefficient (Wildman–Crippen LogP) is 6.81. The molecule has 36 heavy (non-hydrogen) atoms. The second-order valence-corrected chi connectivity index (χ2v) is 11.4. The Balaban J connectivity index is 1.83. The number of allylic oxidation sites excluding steroid dienone is 3. The lowest BCUT2D eigenvalue weighted by Gasteiger charge is -2.40. The van der Waals surface area contributed by atoms with Gasteiger partial charge >= 0.3 is 5.97 Å². The third-order valence-electron chi connectivity index (χ3n) is 6.99. The van der Waals surface area contributed by atoms with Gasteiger partial charge in [0.25, 0.3) is 0 Å². The Morgan fingerprint density at radius 2 is 1.83 bits per heavy atom. The monoisotopic (exact) mass is 551 g/mol. The number of carbonyl (C=O) groups excluding carboxylic acids is 2. The summed E-state index contributed by atoms with van der Waals surface area (Å²) in [4.78, 5) is 26.8. The molecule has 2 aliphatic rings. The quantitative estimate of drug-likeness (QED) is 0.399. The summed E-state index contributed by atoms with van der Waals surface area (Å²) in [5.74, 6) is -0.0213. The second kappa shape index (κ2) is 10.3. The van der Waals surface area contributed by atoms with Gasteiger partial charge in [0.1, 0.15) is 12.4 Å². The summed E-state index contributed by atoms with van der Waals surface area (Å²) >= 11 is 3.54. The molecule has 6 heteroatoms. The Kier molecular flexibility index (Phi) is 7.46. The van der Waals surface area contributed by atoms with Crippen LogP contribution in [0.3, 0.4) is 0 Å². The molecule has 1 N–H and O–H groups in total. The standard InChI is InChI=1S/C30H34BrNO4/c1-7-35-29(34)26-19(4)32-23-14-30(5,6)15-24(33)28(23)27(26)21-13-20(17(2)12-18(21)3)16-36-25-11-9-8-10-22(25)31/h8-13,27,32H,7,14-16H2,1-6H3. The number of para-hydroxylation sites is 1. The zero-order valence-corrected chi connectivity index (χ0v) is 23.5. The van der Waals surface area contributed by atoms with Gasteiger partial charge in [-0.05, 0) is 89.8 Å². The molecule has 1 atom stereocenters. The van der Waals surface area contributed by atoms with Crippen molar-refractivity contribution in [2.75, 3.05) is 6.61 Å². The van der Waals surface area contributed by atoms with Crippen molar-refractivity contribution in [1.82, 2.24) is 5.32 Å². The number of nitrogens with one attached hydrogen (secondary N) is 1. The Hall–Kier alpha value is -2.86. The van der Waals surface area contributed by atoms with Crippen LogP contribution >= 0.6 is 15.9 Å². The van der Waals surface area contributed by atoms with Gasteiger partial charge in [-0.1, -0.05) is 38.1 Å². The third-order valence-corrected chi connectivity index (χ3v) is 7.65. The summed E-state index contributed by atoms with van der Waals surface area (Å²) in [6.45, 7) is 12.7. The Labute approximate surface area is 222 Å². The van der Waals surface area contributed by atoms with Gasteiger partial charge in [0.2, 0.25) is 0 Å². The fourth-order valence-electron chi connectivity index (χ4n) is 5.33. The number of ether oxygens (including phenoxy) is 2. The summed E-state index contributed by atoms with van der Waals surface area (Å²) < 4.78 is 12.5. The number of esters is 1. The van der Waals surface area contributed by atoms with Gasteiger partial charge in [0, 0.05) is 29.3 Å². The molecule has 0 bridgehead atoms. The lowest BCUT2D eigenvalue weighted by atomic mass is 9.68. The van der Waals surface area contributed by atoms with E-state index in [-0.39, 0.29) is 23.8 Å². The van der Waals surface area contributed by atoms with Crippen LogP contribution in [0, 0.1) is 19.3 Å². The Morgan fingerprint density at radius 3 is 2.53 bits per heavy atom. The minimum atomic E-state index is -0.480. The number of aryl methyl sites for hydroxylation is 2. The summed E-state index contributed by atoms with van der Waals surface area (Å²) in [5, 5.41) is 3.40. The molecule has 2 aromatic rings. The third kappa shape index (κ3) is 5.15. The number of ketones is 1. The van der Waals surface area contributed by atoms with Crippen LogP contribution in [-0.2, 0) is 20.9 Å². The number of benzene rings is 2. The van der Waals surface area contributed by atoms with E-state index >= 15 is 0 Å². The van der Waals surface area contributed by atoms with Crippen molar-refractivity contribution in [1.29, 1.82) is 0 Å². The van der Waals surface area contributed by atoms with Crippen molar-refractivity contribution in [3.8, 4) is 5.75 Å². The van der Waals surface area contributed by atoms with Gasteiger partial charge in [-0.3, -0.25) is 4.79 Å². The molecule has 1 aliphatic heterocycles. The zero-order valence-electron chi connectivity index (χ0n) is 21.9. The first-order valence-corrected chi connectivity index (χ1v) is 13.2. The first-order valence-electron chi connectivity index (χ1n) is 12.4. The largest absolute Gasteiger partial charge is 0.488 e. The molecule has 5 nitrogen and oxygen atoms in total. The maximum Gasteiger partial charge on any atom is 0.336 e. The topological polar surface area (TPSA) is 64.6 Å². The van der Waals surface area contributed by atoms with Crippen molar-refractivity contribution in [3.05, 3.63) is 85.7 Å². The molecule has 1 unspecified atom stereocenters. The molecule has 0 spiro atoms. The van der Waals surface area contributed by atoms with Gasteiger partial charge in [-0.25, -0.2) is 4.79 Å². The van der Waals surface area contributed by atoms with Crippen LogP contribution in [0.1, 0.15) is 68.7 Å². The number of halogens is 1. The fraction of sp³-hybridized carbons (Fsp3) is 0.400. The van der Waals surface area contributed by atoms with Crippen LogP contribution in [-0.4, -0.2) is 18.4 Å². The lowest BCUT2D eigenvalue weighted by Crippen LogP contribution is -2.39. The smallest absolute Gasteiger partial charge is 0.336 e. The molecular weight excluding hydrogens is 518 g/mol. The van der Waals surface area contributed by atoms with E-state index in [9.17, 15) is 9.59 Å². The minimum Gasteiger partial charge on any atom is -0.488 e. The highest BCUT2D eigenvalue weighted by atomic mass is 79.9. The van der Waals surface area contributed by atoms with E-state index in [1.807, 2.05) is 38.1 Å². The van der Waals surface area contributed by atoms with Crippen molar-refractivity contribution in [2.24, 2.45) is 5.41 Å². The average Bonchev–Trinajstić information content (AvgIpc) is 2.78. The molecule has 2 aromatic carbocycles. The number of Topliss-reactive ketones (excluding diaryl/α,β-unsaturated/α-hetero) is 1. The molecule has 0 saturated heterocycles. The molecule has 1 heterocycles. The SMILES string of the molecule is CCOC(=O)C1=C(C)NC2=C(C(=O)CC(C)(C)C2)C1c1cc(COc2ccccc2Br)c(C)cc1C. The first kappa shape index (κ1) is 26.2. The van der Waals surface area contributed by atoms with Gasteiger partial charge in [0.05, 0.1) is 16.7 Å². The summed E-state index contributed by atoms with van der Waals surface area (Å²) in [5.41, 5.74) is 6.79. The lowest BCUT2D eigenvalue weighted by molar-refractivity contribution is -0.138. The van der Waals surface area contributed by atoms with Gasteiger partial charge < -0.3 is 14.8 Å². The van der Waals surface area contributed by atoms with Gasteiger partial charge in [-0.15, -0.1) is 0 Å². The number of carbonyl (C=O) groups is 2. The Bertz CT molecular complexity index is 1290. The van der Waals surface area contributed by atoms with E-state index in [1.54, 1.807) is 6.92 Å². The van der Waals surface area contributed by atoms with E-state index in [0.29, 0.717) is 24.2 Å². The van der Waals surface area contributed by atoms with Crippen LogP contribution in [0.15, 0.2) is 63.4 Å². The van der Waals surface area contributed by atoms with E-state index in [4.69, 9.17) is 9.47 Å². The highest BCUT2D eigenvalue weighted by Crippen LogP contribution is 2.47. The molecule has 0 amide bonds. The van der Waals surface area contributed by atoms with E-state index in [0.717, 1.165) is 50.3 Å². The normalized spacial score (nSPS) is 19.1. The highest BCUT2D eigenvalue weighted by molar-refractivity contribution is 9.10. The summed E-state index contributed by atoms with van der Waals surface area (Å²) in [6.07, 6.45) is 1.20. The van der Waals surface area contributed by atoms with Crippen molar-refractivity contribution in [3.63, 3.8) is 0 Å². The van der Waals surface area contributed by atoms with Crippen LogP contribution in [0.4, 0.5) is 0 Å². The molecule has 4 rings (SSSR count). The minimum absolute atomic E-state index is 0.0824. The first-order chi connectivity index (χ1) is 17.0. The molecule has 1 aliphatic carbocycles. The molecule has 0 fully saturated rings. The van der Waals surface area contributed by atoms with Crippen molar-refractivity contribution >= 4 is 27.7 Å². The van der Waals surface area contributed by atoms with Crippen LogP contribution < -0.4 is 10.1 Å². The second-order valence-electron chi connectivity index (χ2n) is 10.5. The number of hydrogen-bond donors (Lipinski definition) is 1. The van der Waals surface area contributed by atoms with E-state index in [1.165, 1.54) is 0 Å². The average molecular weight is 553 g/mol. The molecule has 190 valence electrons. The fourth-order valence-corrected chi connectivity index (χ4v) is 5.73. The molecule has 0 saturated carbocycles. The van der Waals surface area contributed by atoms with Crippen molar-refractivity contribution in [2.45, 2.75) is 66.9 Å². The van der Waals surface area contributed by atoms with Crippen LogP contribution in [0.2, 0.25) is 0 Å². The van der Waals surface area contributed by atoms with Crippen LogP contribution in [0.5, 0.6) is 5.75 Å². The predicted molar refractivity (Wildman–Crippen MR) is 145 cm³/mol. The number of dihydropyridines is 1. The summed E-state index contributed by atoms with van der Waals surface area (Å²) in [6, 6.07) is 12.0. The van der Waals surface area contributed by atoms with Crippen LogP contribution in [0.25, 0.3) is 0 Å². The summed E-state index contributed by atoms with van der Waals surface area (Å²) in [7, 11) is 0. The molecular formula is C30H34BrNO4. The van der Waals surface area contributed by atoms with E-state index < -0.39 is 5.92 Å². The van der Waals surface area contributed by atoms with E-state index in [2.05, 4.69) is 54.2 Å². The molecule has 0 radical (unpaired) electrons. The maximum atomic E-state index is 13.6. The molecule has 0 aromatic heterocycles. The zero-order chi connectivity index (χ0) is 26.2. The highest BCUT2D eigenvalue weighted by Gasteiger charge is 2.43. The number of rotatable bonds is 6. The number of hydrogen-bond acceptors (Lipinski definition) is 5. The van der Waals surface area contributed by atoms with Gasteiger partial charge in [0.15, 0.2) is 5.78 Å². The van der Waals surface area contributed by atoms with Crippen molar-refractivity contribution < 1.29 is 19.1 Å². The maximum absolute atomic E-state index is 13.6.